The Morgan fingerprint density at radius 3 is 2.58 bits per heavy atom. The Morgan fingerprint density at radius 1 is 1.24 bits per heavy atom. The second-order valence-corrected chi connectivity index (χ2v) is 11.8. The van der Waals surface area contributed by atoms with Crippen LogP contribution in [0.1, 0.15) is 78.6 Å². The lowest BCUT2D eigenvalue weighted by Gasteiger charge is -2.33. The Balaban J connectivity index is 0.00000271. The number of rotatable bonds is 15. The average Bonchev–Trinajstić information content (AvgIpc) is 3.62. The second-order valence-electron chi connectivity index (χ2n) is 11.4. The molecule has 0 saturated carbocycles. The molecule has 7 heteroatoms. The summed E-state index contributed by atoms with van der Waals surface area (Å²) >= 11 is 7.14. The molecule has 3 aromatic rings. The molecule has 2 aromatic heterocycles. The zero-order chi connectivity index (χ0) is 33.3. The number of hydrogen-bond acceptors (Lipinski definition) is 4. The van der Waals surface area contributed by atoms with Gasteiger partial charge < -0.3 is 24.5 Å². The maximum atomic E-state index is 7.14. The van der Waals surface area contributed by atoms with Crippen LogP contribution in [0.4, 0.5) is 0 Å². The monoisotopic (exact) mass is 629 g/mol. The van der Waals surface area contributed by atoms with Gasteiger partial charge in [-0.25, -0.2) is 4.98 Å². The van der Waals surface area contributed by atoms with Crippen LogP contribution in [0.25, 0.3) is 27.7 Å². The number of nitrogens with zero attached hydrogens (tertiary/aromatic N) is 3. The third-order valence-corrected chi connectivity index (χ3v) is 8.55. The minimum atomic E-state index is -0.212. The van der Waals surface area contributed by atoms with E-state index in [1.54, 1.807) is 6.08 Å². The van der Waals surface area contributed by atoms with E-state index in [0.717, 1.165) is 82.1 Å². The van der Waals surface area contributed by atoms with E-state index >= 15 is 0 Å². The lowest BCUT2D eigenvalue weighted by atomic mass is 10.0. The number of likely N-dealkylation sites (N-methyl/N-ethyl adjacent to an activating group) is 1. The highest BCUT2D eigenvalue weighted by molar-refractivity contribution is 6.37. The first-order chi connectivity index (χ1) is 21.7. The fraction of sp³-hybridized carbons (Fsp3) is 0.395. The van der Waals surface area contributed by atoms with E-state index in [-0.39, 0.29) is 12.3 Å². The molecule has 2 unspecified atom stereocenters. The van der Waals surface area contributed by atoms with Gasteiger partial charge in [0.25, 0.3) is 0 Å². The third-order valence-electron chi connectivity index (χ3n) is 8.17. The Labute approximate surface area is 275 Å². The number of halogens is 1. The highest BCUT2D eigenvalue weighted by atomic mass is 35.5. The van der Waals surface area contributed by atoms with Crippen molar-refractivity contribution in [3.8, 4) is 11.3 Å². The Hall–Kier alpha value is -3.74. The van der Waals surface area contributed by atoms with Gasteiger partial charge in [0.2, 0.25) is 0 Å². The molecule has 1 aliphatic heterocycles. The zero-order valence-electron chi connectivity index (χ0n) is 28.3. The lowest BCUT2D eigenvalue weighted by Crippen LogP contribution is -2.40. The molecule has 0 saturated heterocycles. The molecule has 0 bridgehead atoms. The third kappa shape index (κ3) is 7.74. The van der Waals surface area contributed by atoms with Crippen molar-refractivity contribution in [2.45, 2.75) is 79.6 Å². The number of aromatic nitrogens is 3. The van der Waals surface area contributed by atoms with Crippen LogP contribution in [-0.4, -0.2) is 39.1 Å². The maximum absolute atomic E-state index is 7.14. The van der Waals surface area contributed by atoms with E-state index in [9.17, 15) is 0 Å². The Kier molecular flexibility index (Phi) is 13.1. The van der Waals surface area contributed by atoms with Crippen molar-refractivity contribution in [2.75, 3.05) is 13.6 Å². The maximum Gasteiger partial charge on any atom is 0.176 e. The van der Waals surface area contributed by atoms with Gasteiger partial charge in [-0.05, 0) is 50.4 Å². The highest BCUT2D eigenvalue weighted by Crippen LogP contribution is 2.45. The number of hydrogen-bond donors (Lipinski definition) is 2. The van der Waals surface area contributed by atoms with Crippen molar-refractivity contribution < 1.29 is 4.74 Å². The second kappa shape index (κ2) is 16.5. The molecule has 3 heterocycles. The van der Waals surface area contributed by atoms with Crippen molar-refractivity contribution >= 4 is 28.1 Å². The van der Waals surface area contributed by atoms with Crippen molar-refractivity contribution in [1.29, 1.82) is 0 Å². The van der Waals surface area contributed by atoms with Crippen LogP contribution in [0, 0.1) is 5.92 Å². The number of benzene rings is 1. The van der Waals surface area contributed by atoms with E-state index in [0.29, 0.717) is 17.5 Å². The van der Waals surface area contributed by atoms with Crippen LogP contribution in [0.3, 0.4) is 0 Å². The molecule has 2 atom stereocenters. The zero-order valence-corrected chi connectivity index (χ0v) is 29.1. The van der Waals surface area contributed by atoms with Gasteiger partial charge in [0.05, 0.1) is 34.7 Å². The summed E-state index contributed by atoms with van der Waals surface area (Å²) in [6.45, 7) is 30.4. The summed E-state index contributed by atoms with van der Waals surface area (Å²) in [5.74, 6) is 2.16. The van der Waals surface area contributed by atoms with E-state index in [2.05, 4.69) is 85.1 Å². The number of nitrogens with one attached hydrogen (secondary N) is 2. The molecule has 0 spiro atoms. The summed E-state index contributed by atoms with van der Waals surface area (Å²) in [6, 6.07) is 6.58. The number of allylic oxidation sites excluding steroid dienone is 7. The first kappa shape index (κ1) is 35.7. The standard InChI is InChI=1S/C36H46ClN5O.C2H6/c1-10-14-26(12-3)15-18-33-42-31-17-16-27(20-29(31)34(37)36(42)28(13-4)25(8)43-33)30-21-39-32(40-30)22-41(19-11-2)24(7)35(38-9)23(5)6;1-2/h10,12-14,16-17,20-21,23,33,35,38H,1,3-4,7,11,15,18-19,22H2,2,5-6,8-9H3,(H,39,40);1-2H3/b26-14+;. The van der Waals surface area contributed by atoms with Gasteiger partial charge in [-0.1, -0.05) is 103 Å². The molecule has 0 radical (unpaired) electrons. The molecule has 2 N–H and O–H groups in total. The van der Waals surface area contributed by atoms with Crippen LogP contribution >= 0.6 is 11.6 Å². The van der Waals surface area contributed by atoms with E-state index in [1.165, 1.54) is 0 Å². The van der Waals surface area contributed by atoms with Gasteiger partial charge in [-0.2, -0.15) is 0 Å². The van der Waals surface area contributed by atoms with Crippen LogP contribution < -0.4 is 5.32 Å². The van der Waals surface area contributed by atoms with Crippen molar-refractivity contribution in [2.24, 2.45) is 5.92 Å². The minimum absolute atomic E-state index is 0.207. The number of H-pyrrole nitrogens is 1. The molecule has 1 aliphatic rings. The van der Waals surface area contributed by atoms with Gasteiger partial charge in [0.1, 0.15) is 11.6 Å². The van der Waals surface area contributed by atoms with Crippen molar-refractivity contribution in [3.63, 3.8) is 0 Å². The van der Waals surface area contributed by atoms with Crippen LogP contribution in [0.2, 0.25) is 5.02 Å². The van der Waals surface area contributed by atoms with Gasteiger partial charge in [-0.15, -0.1) is 0 Å². The van der Waals surface area contributed by atoms with E-state index in [4.69, 9.17) is 21.3 Å². The topological polar surface area (TPSA) is 58.1 Å². The van der Waals surface area contributed by atoms with Crippen molar-refractivity contribution in [1.82, 2.24) is 24.8 Å². The first-order valence-electron chi connectivity index (χ1n) is 16.1. The van der Waals surface area contributed by atoms with Crippen LogP contribution in [0.5, 0.6) is 0 Å². The normalized spacial score (nSPS) is 15.2. The summed E-state index contributed by atoms with van der Waals surface area (Å²) in [6.07, 6.45) is 11.8. The lowest BCUT2D eigenvalue weighted by molar-refractivity contribution is 0.0482. The van der Waals surface area contributed by atoms with E-state index in [1.807, 2.05) is 52.2 Å². The smallest absolute Gasteiger partial charge is 0.176 e. The fourth-order valence-electron chi connectivity index (χ4n) is 6.05. The molecule has 0 fully saturated rings. The summed E-state index contributed by atoms with van der Waals surface area (Å²) in [5, 5.41) is 5.08. The first-order valence-corrected chi connectivity index (χ1v) is 16.5. The number of fused-ring (bicyclic) bond motifs is 3. The number of aromatic amines is 1. The summed E-state index contributed by atoms with van der Waals surface area (Å²) in [4.78, 5) is 10.6. The Bertz CT molecular complexity index is 1570. The molecule has 0 aliphatic carbocycles. The van der Waals surface area contributed by atoms with Crippen LogP contribution in [0.15, 0.2) is 92.0 Å². The minimum Gasteiger partial charge on any atom is -0.474 e. The van der Waals surface area contributed by atoms with Gasteiger partial charge >= 0.3 is 0 Å². The quantitative estimate of drug-likeness (QED) is 0.164. The molecule has 242 valence electrons. The number of ether oxygens (including phenoxy) is 1. The molecule has 6 nitrogen and oxygen atoms in total. The fourth-order valence-corrected chi connectivity index (χ4v) is 6.39. The summed E-state index contributed by atoms with van der Waals surface area (Å²) < 4.78 is 8.65. The largest absolute Gasteiger partial charge is 0.474 e. The summed E-state index contributed by atoms with van der Waals surface area (Å²) in [5.41, 5.74) is 7.03. The molecule has 45 heavy (non-hydrogen) atoms. The molecule has 0 amide bonds. The molecular weight excluding hydrogens is 578 g/mol. The van der Waals surface area contributed by atoms with Gasteiger partial charge in [0, 0.05) is 41.2 Å². The number of imidazole rings is 1. The predicted molar refractivity (Wildman–Crippen MR) is 194 cm³/mol. The van der Waals surface area contributed by atoms with E-state index < -0.39 is 0 Å². The Morgan fingerprint density at radius 2 is 1.98 bits per heavy atom. The van der Waals surface area contributed by atoms with Crippen molar-refractivity contribution in [3.05, 3.63) is 109 Å². The highest BCUT2D eigenvalue weighted by Gasteiger charge is 2.30. The van der Waals surface area contributed by atoms with Crippen LogP contribution in [-0.2, 0) is 11.3 Å². The molecule has 1 aromatic carbocycles. The predicted octanol–water partition coefficient (Wildman–Crippen LogP) is 10.2. The molecular formula is C38H52ClN5O. The average molecular weight is 630 g/mol. The molecule has 4 rings (SSSR count). The summed E-state index contributed by atoms with van der Waals surface area (Å²) in [7, 11) is 1.99. The van der Waals surface area contributed by atoms with Gasteiger partial charge in [0.15, 0.2) is 6.23 Å². The van der Waals surface area contributed by atoms with Gasteiger partial charge in [-0.3, -0.25) is 0 Å². The SMILES string of the molecule is C=C/C=C(\C=C)CCC1OC(C)=C(C=C)c2c(Cl)c3cc(-c4cnc(CN(CCC)C(=C)C(NC)C(C)C)[nH]4)ccc3n21.CC.